The SMILES string of the molecule is c1cncc(-c2ccncc2-c2cnccc2-c2ccncc2)c1. The third-order valence-corrected chi connectivity index (χ3v) is 3.90. The van der Waals surface area contributed by atoms with E-state index in [1.54, 1.807) is 31.0 Å². The fourth-order valence-corrected chi connectivity index (χ4v) is 2.78. The molecule has 0 radical (unpaired) electrons. The van der Waals surface area contributed by atoms with E-state index in [1.165, 1.54) is 0 Å². The van der Waals surface area contributed by atoms with Crippen molar-refractivity contribution in [2.45, 2.75) is 0 Å². The molecular formula is C20H14N4. The van der Waals surface area contributed by atoms with Crippen LogP contribution >= 0.6 is 0 Å². The van der Waals surface area contributed by atoms with E-state index in [4.69, 9.17) is 0 Å². The minimum Gasteiger partial charge on any atom is -0.265 e. The highest BCUT2D eigenvalue weighted by atomic mass is 14.7. The van der Waals surface area contributed by atoms with E-state index in [9.17, 15) is 0 Å². The Morgan fingerprint density at radius 2 is 1.00 bits per heavy atom. The molecule has 0 aliphatic carbocycles. The van der Waals surface area contributed by atoms with Crippen LogP contribution in [0, 0.1) is 0 Å². The summed E-state index contributed by atoms with van der Waals surface area (Å²) in [7, 11) is 0. The van der Waals surface area contributed by atoms with Crippen LogP contribution in [0.25, 0.3) is 33.4 Å². The molecule has 0 amide bonds. The molecule has 0 aliphatic heterocycles. The molecule has 0 unspecified atom stereocenters. The summed E-state index contributed by atoms with van der Waals surface area (Å²) < 4.78 is 0. The number of aromatic nitrogens is 4. The maximum absolute atomic E-state index is 4.32. The highest BCUT2D eigenvalue weighted by molar-refractivity contribution is 5.90. The largest absolute Gasteiger partial charge is 0.265 e. The zero-order valence-electron chi connectivity index (χ0n) is 12.9. The predicted octanol–water partition coefficient (Wildman–Crippen LogP) is 4.27. The smallest absolute Gasteiger partial charge is 0.0353 e. The molecule has 114 valence electrons. The van der Waals surface area contributed by atoms with Crippen LogP contribution in [0.2, 0.25) is 0 Å². The minimum atomic E-state index is 1.03. The normalized spacial score (nSPS) is 10.5. The summed E-state index contributed by atoms with van der Waals surface area (Å²) in [4.78, 5) is 17.0. The maximum atomic E-state index is 4.32. The molecule has 0 aromatic carbocycles. The lowest BCUT2D eigenvalue weighted by molar-refractivity contribution is 1.28. The third kappa shape index (κ3) is 2.65. The second-order valence-corrected chi connectivity index (χ2v) is 5.32. The van der Waals surface area contributed by atoms with Gasteiger partial charge >= 0.3 is 0 Å². The van der Waals surface area contributed by atoms with Gasteiger partial charge in [0.2, 0.25) is 0 Å². The molecule has 4 heterocycles. The Balaban J connectivity index is 1.93. The summed E-state index contributed by atoms with van der Waals surface area (Å²) in [6.07, 6.45) is 14.6. The van der Waals surface area contributed by atoms with Crippen LogP contribution in [0.4, 0.5) is 0 Å². The molecular weight excluding hydrogens is 296 g/mol. The number of hydrogen-bond acceptors (Lipinski definition) is 4. The van der Waals surface area contributed by atoms with Gasteiger partial charge in [0, 0.05) is 66.3 Å². The van der Waals surface area contributed by atoms with Crippen LogP contribution in [-0.4, -0.2) is 19.9 Å². The monoisotopic (exact) mass is 310 g/mol. The fraction of sp³-hybridized carbons (Fsp3) is 0. The first-order valence-electron chi connectivity index (χ1n) is 7.62. The fourth-order valence-electron chi connectivity index (χ4n) is 2.78. The quantitative estimate of drug-likeness (QED) is 0.567. The van der Waals surface area contributed by atoms with Gasteiger partial charge in [-0.1, -0.05) is 6.07 Å². The van der Waals surface area contributed by atoms with Crippen molar-refractivity contribution in [3.8, 4) is 33.4 Å². The van der Waals surface area contributed by atoms with Crippen LogP contribution in [0.15, 0.2) is 86.0 Å². The van der Waals surface area contributed by atoms with Crippen LogP contribution in [0.3, 0.4) is 0 Å². The van der Waals surface area contributed by atoms with Gasteiger partial charge in [0.1, 0.15) is 0 Å². The van der Waals surface area contributed by atoms with Crippen LogP contribution in [0.1, 0.15) is 0 Å². The second-order valence-electron chi connectivity index (χ2n) is 5.32. The Morgan fingerprint density at radius 3 is 1.62 bits per heavy atom. The highest BCUT2D eigenvalue weighted by Crippen LogP contribution is 2.36. The summed E-state index contributed by atoms with van der Waals surface area (Å²) in [5.41, 5.74) is 6.41. The van der Waals surface area contributed by atoms with Crippen molar-refractivity contribution in [3.05, 3.63) is 86.0 Å². The Labute approximate surface area is 139 Å². The van der Waals surface area contributed by atoms with E-state index in [1.807, 2.05) is 55.0 Å². The molecule has 0 saturated carbocycles. The van der Waals surface area contributed by atoms with E-state index in [2.05, 4.69) is 19.9 Å². The van der Waals surface area contributed by atoms with Gasteiger partial charge in [-0.05, 0) is 47.0 Å². The molecule has 0 saturated heterocycles. The van der Waals surface area contributed by atoms with Crippen molar-refractivity contribution in [1.29, 1.82) is 0 Å². The van der Waals surface area contributed by atoms with E-state index in [-0.39, 0.29) is 0 Å². The van der Waals surface area contributed by atoms with Gasteiger partial charge in [-0.15, -0.1) is 0 Å². The Kier molecular flexibility index (Phi) is 3.78. The first-order valence-corrected chi connectivity index (χ1v) is 7.62. The Hall–Kier alpha value is -3.40. The molecule has 0 spiro atoms. The molecule has 24 heavy (non-hydrogen) atoms. The summed E-state index contributed by atoms with van der Waals surface area (Å²) >= 11 is 0. The van der Waals surface area contributed by atoms with Crippen molar-refractivity contribution in [2.75, 3.05) is 0 Å². The van der Waals surface area contributed by atoms with Crippen molar-refractivity contribution in [3.63, 3.8) is 0 Å². The highest BCUT2D eigenvalue weighted by Gasteiger charge is 2.12. The molecule has 0 fully saturated rings. The lowest BCUT2D eigenvalue weighted by atomic mass is 9.93. The van der Waals surface area contributed by atoms with E-state index in [0.717, 1.165) is 33.4 Å². The van der Waals surface area contributed by atoms with Crippen molar-refractivity contribution >= 4 is 0 Å². The summed E-state index contributed by atoms with van der Waals surface area (Å²) in [6, 6.07) is 12.0. The van der Waals surface area contributed by atoms with E-state index >= 15 is 0 Å². The first-order chi connectivity index (χ1) is 11.9. The molecule has 0 bridgehead atoms. The van der Waals surface area contributed by atoms with Gasteiger partial charge in [-0.3, -0.25) is 19.9 Å². The third-order valence-electron chi connectivity index (χ3n) is 3.90. The molecule has 4 aromatic rings. The molecule has 0 aliphatic rings. The molecule has 4 nitrogen and oxygen atoms in total. The van der Waals surface area contributed by atoms with Crippen LogP contribution in [0.5, 0.6) is 0 Å². The topological polar surface area (TPSA) is 51.6 Å². The molecule has 4 rings (SSSR count). The van der Waals surface area contributed by atoms with Gasteiger partial charge in [0.05, 0.1) is 0 Å². The second kappa shape index (κ2) is 6.38. The first kappa shape index (κ1) is 14.2. The van der Waals surface area contributed by atoms with E-state index < -0.39 is 0 Å². The number of hydrogen-bond donors (Lipinski definition) is 0. The summed E-state index contributed by atoms with van der Waals surface area (Å²) in [5.74, 6) is 0. The van der Waals surface area contributed by atoms with Gasteiger partial charge in [0.15, 0.2) is 0 Å². The lowest BCUT2D eigenvalue weighted by Crippen LogP contribution is -1.91. The number of pyridine rings is 4. The van der Waals surface area contributed by atoms with Crippen molar-refractivity contribution in [2.24, 2.45) is 0 Å². The number of nitrogens with zero attached hydrogens (tertiary/aromatic N) is 4. The summed E-state index contributed by atoms with van der Waals surface area (Å²) in [6.45, 7) is 0. The van der Waals surface area contributed by atoms with Gasteiger partial charge in [0.25, 0.3) is 0 Å². The van der Waals surface area contributed by atoms with Crippen LogP contribution < -0.4 is 0 Å². The zero-order valence-corrected chi connectivity index (χ0v) is 12.9. The van der Waals surface area contributed by atoms with E-state index in [0.29, 0.717) is 0 Å². The van der Waals surface area contributed by atoms with Gasteiger partial charge in [-0.25, -0.2) is 0 Å². The Bertz CT molecular complexity index is 872. The summed E-state index contributed by atoms with van der Waals surface area (Å²) in [5, 5.41) is 0. The van der Waals surface area contributed by atoms with Crippen LogP contribution in [-0.2, 0) is 0 Å². The minimum absolute atomic E-state index is 1.03. The standard InChI is InChI=1S/C20H14N4/c1-2-16(12-22-7-1)18-6-11-24-14-20(18)19-13-23-10-5-17(19)15-3-8-21-9-4-15/h1-14H. The maximum Gasteiger partial charge on any atom is 0.0353 e. The van der Waals surface area contributed by atoms with Crippen molar-refractivity contribution in [1.82, 2.24) is 19.9 Å². The molecule has 4 aromatic heterocycles. The molecule has 0 N–H and O–H groups in total. The molecule has 4 heteroatoms. The van der Waals surface area contributed by atoms with Gasteiger partial charge in [-0.2, -0.15) is 0 Å². The number of rotatable bonds is 3. The Morgan fingerprint density at radius 1 is 0.417 bits per heavy atom. The lowest BCUT2D eigenvalue weighted by Gasteiger charge is -2.13. The zero-order chi connectivity index (χ0) is 16.2. The average Bonchev–Trinajstić information content (AvgIpc) is 2.69. The predicted molar refractivity (Wildman–Crippen MR) is 93.9 cm³/mol. The average molecular weight is 310 g/mol. The van der Waals surface area contributed by atoms with Crippen molar-refractivity contribution < 1.29 is 0 Å². The molecule has 0 atom stereocenters. The van der Waals surface area contributed by atoms with Gasteiger partial charge < -0.3 is 0 Å².